The summed E-state index contributed by atoms with van der Waals surface area (Å²) in [5.74, 6) is 0.620. The fraction of sp³-hybridized carbons (Fsp3) is 0.333. The van der Waals surface area contributed by atoms with Crippen LogP contribution in [0.2, 0.25) is 0 Å². The number of nitrogens with one attached hydrogen (secondary N) is 1. The molecule has 0 atom stereocenters. The van der Waals surface area contributed by atoms with Gasteiger partial charge in [-0.2, -0.15) is 0 Å². The van der Waals surface area contributed by atoms with E-state index in [4.69, 9.17) is 0 Å². The van der Waals surface area contributed by atoms with Crippen LogP contribution in [0.3, 0.4) is 0 Å². The minimum absolute atomic E-state index is 0.0301. The molecule has 4 aromatic rings. The van der Waals surface area contributed by atoms with Crippen LogP contribution in [0, 0.1) is 13.8 Å². The number of anilines is 1. The van der Waals surface area contributed by atoms with Crippen LogP contribution in [0.25, 0.3) is 16.0 Å². The van der Waals surface area contributed by atoms with Crippen LogP contribution < -0.4 is 10.9 Å². The van der Waals surface area contributed by atoms with Gasteiger partial charge < -0.3 is 5.32 Å². The zero-order chi connectivity index (χ0) is 21.3. The number of carbonyl (C=O) groups excluding carboxylic acids is 1. The van der Waals surface area contributed by atoms with E-state index in [1.54, 1.807) is 4.57 Å². The molecule has 0 radical (unpaired) electrons. The van der Waals surface area contributed by atoms with E-state index in [9.17, 15) is 9.59 Å². The van der Waals surface area contributed by atoms with Crippen molar-refractivity contribution >= 4 is 50.7 Å². The van der Waals surface area contributed by atoms with Gasteiger partial charge in [0.15, 0.2) is 5.16 Å². The van der Waals surface area contributed by atoms with Crippen molar-refractivity contribution in [2.75, 3.05) is 11.1 Å². The maximum atomic E-state index is 12.9. The maximum Gasteiger partial charge on any atom is 0.272 e. The average molecular weight is 442 g/mol. The number of carbonyl (C=O) groups is 1. The summed E-state index contributed by atoms with van der Waals surface area (Å²) in [4.78, 5) is 25.4. The van der Waals surface area contributed by atoms with Crippen molar-refractivity contribution in [1.82, 2.24) is 19.2 Å². The molecule has 0 aliphatic carbocycles. The van der Waals surface area contributed by atoms with Gasteiger partial charge in [-0.3, -0.25) is 18.6 Å². The van der Waals surface area contributed by atoms with Crippen molar-refractivity contribution in [2.24, 2.45) is 0 Å². The van der Waals surface area contributed by atoms with Gasteiger partial charge in [-0.1, -0.05) is 42.8 Å². The van der Waals surface area contributed by atoms with Crippen molar-refractivity contribution in [3.63, 3.8) is 0 Å². The predicted octanol–water partition coefficient (Wildman–Crippen LogP) is 4.25. The van der Waals surface area contributed by atoms with E-state index in [2.05, 4.69) is 22.4 Å². The van der Waals surface area contributed by atoms with E-state index in [1.165, 1.54) is 23.1 Å². The van der Waals surface area contributed by atoms with Crippen LogP contribution >= 0.6 is 23.1 Å². The van der Waals surface area contributed by atoms with Gasteiger partial charge in [-0.05, 0) is 43.3 Å². The molecule has 30 heavy (non-hydrogen) atoms. The largest absolute Gasteiger partial charge is 0.325 e. The van der Waals surface area contributed by atoms with Crippen molar-refractivity contribution < 1.29 is 4.79 Å². The zero-order valence-electron chi connectivity index (χ0n) is 17.1. The number of rotatable bonds is 7. The van der Waals surface area contributed by atoms with Gasteiger partial charge in [-0.25, -0.2) is 0 Å². The molecule has 0 spiro atoms. The number of thiophene rings is 1. The van der Waals surface area contributed by atoms with Crippen LogP contribution in [0.1, 0.15) is 30.9 Å². The zero-order valence-corrected chi connectivity index (χ0v) is 18.8. The number of thioether (sulfide) groups is 1. The Kier molecular flexibility index (Phi) is 5.92. The Labute approximate surface area is 182 Å². The van der Waals surface area contributed by atoms with E-state index >= 15 is 0 Å². The number of fused-ring (bicyclic) bond motifs is 3. The monoisotopic (exact) mass is 441 g/mol. The lowest BCUT2D eigenvalue weighted by atomic mass is 10.1. The third-order valence-electron chi connectivity index (χ3n) is 4.91. The second-order valence-electron chi connectivity index (χ2n) is 7.22. The van der Waals surface area contributed by atoms with Crippen LogP contribution in [-0.4, -0.2) is 30.8 Å². The molecule has 3 aromatic heterocycles. The van der Waals surface area contributed by atoms with Crippen LogP contribution in [0.5, 0.6) is 0 Å². The first-order valence-corrected chi connectivity index (χ1v) is 11.7. The predicted molar refractivity (Wildman–Crippen MR) is 123 cm³/mol. The Balaban J connectivity index is 1.61. The Morgan fingerprint density at radius 2 is 2.07 bits per heavy atom. The van der Waals surface area contributed by atoms with Gasteiger partial charge in [0.2, 0.25) is 11.7 Å². The summed E-state index contributed by atoms with van der Waals surface area (Å²) in [6.45, 7) is 6.69. The molecule has 7 nitrogen and oxygen atoms in total. The molecule has 0 saturated carbocycles. The SMILES string of the molecule is CCCCn1c(=O)c2sccc2n2c(SCC(=O)Nc3ccc(C)cc3C)nnc12. The molecule has 9 heteroatoms. The number of hydrogen-bond acceptors (Lipinski definition) is 6. The van der Waals surface area contributed by atoms with E-state index < -0.39 is 0 Å². The highest BCUT2D eigenvalue weighted by atomic mass is 32.2. The Morgan fingerprint density at radius 3 is 2.83 bits per heavy atom. The summed E-state index contributed by atoms with van der Waals surface area (Å²) in [5, 5.41) is 14.0. The van der Waals surface area contributed by atoms with Gasteiger partial charge in [0.05, 0.1) is 11.3 Å². The quantitative estimate of drug-likeness (QED) is 0.434. The standard InChI is InChI=1S/C21H23N5O2S2/c1-4-5-9-25-19(28)18-16(8-10-29-18)26-20(25)23-24-21(26)30-12-17(27)22-15-7-6-13(2)11-14(15)3/h6-8,10-11H,4-5,9,12H2,1-3H3,(H,22,27). The van der Waals surface area contributed by atoms with Gasteiger partial charge in [0, 0.05) is 12.2 Å². The molecule has 0 fully saturated rings. The molecule has 0 aliphatic rings. The maximum absolute atomic E-state index is 12.9. The average Bonchev–Trinajstić information content (AvgIpc) is 3.35. The third kappa shape index (κ3) is 3.87. The number of aryl methyl sites for hydroxylation is 3. The first-order valence-electron chi connectivity index (χ1n) is 9.84. The highest BCUT2D eigenvalue weighted by Gasteiger charge is 2.18. The molecular formula is C21H23N5O2S2. The molecule has 0 aliphatic heterocycles. The van der Waals surface area contributed by atoms with Crippen molar-refractivity contribution in [2.45, 2.75) is 45.3 Å². The van der Waals surface area contributed by atoms with Crippen LogP contribution in [0.15, 0.2) is 39.6 Å². The Hall–Kier alpha value is -2.65. The summed E-state index contributed by atoms with van der Waals surface area (Å²) in [6.07, 6.45) is 1.87. The van der Waals surface area contributed by atoms with Gasteiger partial charge in [0.1, 0.15) is 4.70 Å². The normalized spacial score (nSPS) is 11.4. The van der Waals surface area contributed by atoms with E-state index in [0.29, 0.717) is 22.2 Å². The summed E-state index contributed by atoms with van der Waals surface area (Å²) >= 11 is 2.74. The van der Waals surface area contributed by atoms with Crippen molar-refractivity contribution in [1.29, 1.82) is 0 Å². The van der Waals surface area contributed by atoms with Crippen molar-refractivity contribution in [3.05, 3.63) is 51.1 Å². The van der Waals surface area contributed by atoms with Crippen LogP contribution in [-0.2, 0) is 11.3 Å². The number of amides is 1. The minimum atomic E-state index is -0.107. The second kappa shape index (κ2) is 8.61. The lowest BCUT2D eigenvalue weighted by Gasteiger charge is -2.10. The lowest BCUT2D eigenvalue weighted by Crippen LogP contribution is -2.22. The minimum Gasteiger partial charge on any atom is -0.325 e. The van der Waals surface area contributed by atoms with Crippen molar-refractivity contribution in [3.8, 4) is 0 Å². The summed E-state index contributed by atoms with van der Waals surface area (Å²) in [7, 11) is 0. The summed E-state index contributed by atoms with van der Waals surface area (Å²) in [6, 6.07) is 7.84. The lowest BCUT2D eigenvalue weighted by molar-refractivity contribution is -0.113. The molecule has 0 unspecified atom stereocenters. The molecular weight excluding hydrogens is 418 g/mol. The molecule has 0 saturated heterocycles. The van der Waals surface area contributed by atoms with E-state index in [1.807, 2.05) is 47.9 Å². The van der Waals surface area contributed by atoms with Crippen LogP contribution in [0.4, 0.5) is 5.69 Å². The fourth-order valence-corrected chi connectivity index (χ4v) is 4.95. The fourth-order valence-electron chi connectivity index (χ4n) is 3.38. The molecule has 156 valence electrons. The van der Waals surface area contributed by atoms with E-state index in [-0.39, 0.29) is 17.2 Å². The first kappa shape index (κ1) is 20.6. The second-order valence-corrected chi connectivity index (χ2v) is 9.08. The van der Waals surface area contributed by atoms with E-state index in [0.717, 1.165) is 35.2 Å². The molecule has 4 rings (SSSR count). The summed E-state index contributed by atoms with van der Waals surface area (Å²) < 4.78 is 4.26. The number of hydrogen-bond donors (Lipinski definition) is 1. The molecule has 3 heterocycles. The number of unbranched alkanes of at least 4 members (excludes halogenated alkanes) is 1. The number of benzene rings is 1. The summed E-state index contributed by atoms with van der Waals surface area (Å²) in [5.41, 5.74) is 3.75. The highest BCUT2D eigenvalue weighted by molar-refractivity contribution is 7.99. The van der Waals surface area contributed by atoms with Gasteiger partial charge in [0.25, 0.3) is 5.56 Å². The van der Waals surface area contributed by atoms with Gasteiger partial charge in [-0.15, -0.1) is 21.5 Å². The molecule has 1 N–H and O–H groups in total. The molecule has 1 amide bonds. The van der Waals surface area contributed by atoms with Gasteiger partial charge >= 0.3 is 0 Å². The molecule has 0 bridgehead atoms. The Morgan fingerprint density at radius 1 is 1.23 bits per heavy atom. The number of aromatic nitrogens is 4. The first-order chi connectivity index (χ1) is 14.5. The third-order valence-corrected chi connectivity index (χ3v) is 6.73. The topological polar surface area (TPSA) is 81.3 Å². The Bertz CT molecular complexity index is 1290. The molecule has 1 aromatic carbocycles. The smallest absolute Gasteiger partial charge is 0.272 e. The highest BCUT2D eigenvalue weighted by Crippen LogP contribution is 2.25. The number of nitrogens with zero attached hydrogens (tertiary/aromatic N) is 4.